The maximum Gasteiger partial charge on any atom is 0.247 e. The van der Waals surface area contributed by atoms with Gasteiger partial charge in [-0.15, -0.1) is 10.2 Å². The van der Waals surface area contributed by atoms with E-state index in [2.05, 4.69) is 10.2 Å². The second kappa shape index (κ2) is 8.64. The Bertz CT molecular complexity index is 1150. The van der Waals surface area contributed by atoms with Crippen molar-refractivity contribution < 1.29 is 22.2 Å². The topological polar surface area (TPSA) is 79.5 Å². The molecular formula is C21H20F2N4O3S. The van der Waals surface area contributed by atoms with Crippen molar-refractivity contribution in [3.63, 3.8) is 0 Å². The lowest BCUT2D eigenvalue weighted by Crippen LogP contribution is -2.54. The SMILES string of the molecule is Cc1nnc(-c2ccc(CN(C(=O)C3CN(S(C)=O)C3)c3cccc(F)c3)c(F)c2)o1. The van der Waals surface area contributed by atoms with Gasteiger partial charge in [-0.2, -0.15) is 0 Å². The Labute approximate surface area is 180 Å². The highest BCUT2D eigenvalue weighted by atomic mass is 32.2. The Kier molecular flexibility index (Phi) is 5.92. The molecule has 0 bridgehead atoms. The minimum absolute atomic E-state index is 0.0804. The van der Waals surface area contributed by atoms with Gasteiger partial charge in [0.25, 0.3) is 0 Å². The molecule has 10 heteroatoms. The first-order valence-electron chi connectivity index (χ1n) is 9.56. The van der Waals surface area contributed by atoms with Crippen LogP contribution in [0.25, 0.3) is 11.5 Å². The lowest BCUT2D eigenvalue weighted by molar-refractivity contribution is -0.125. The number of benzene rings is 2. The van der Waals surface area contributed by atoms with Crippen molar-refractivity contribution in [2.75, 3.05) is 24.2 Å². The van der Waals surface area contributed by atoms with Gasteiger partial charge in [0, 0.05) is 43.1 Å². The summed E-state index contributed by atoms with van der Waals surface area (Å²) in [4.78, 5) is 14.5. The monoisotopic (exact) mass is 446 g/mol. The predicted octanol–water partition coefficient (Wildman–Crippen LogP) is 3.08. The molecule has 0 aliphatic carbocycles. The van der Waals surface area contributed by atoms with Crippen molar-refractivity contribution in [3.8, 4) is 11.5 Å². The number of hydrogen-bond acceptors (Lipinski definition) is 5. The van der Waals surface area contributed by atoms with Crippen molar-refractivity contribution >= 4 is 22.6 Å². The molecular weight excluding hydrogens is 426 g/mol. The van der Waals surface area contributed by atoms with Crippen molar-refractivity contribution in [1.82, 2.24) is 14.5 Å². The Morgan fingerprint density at radius 1 is 1.23 bits per heavy atom. The van der Waals surface area contributed by atoms with Gasteiger partial charge >= 0.3 is 0 Å². The molecule has 7 nitrogen and oxygen atoms in total. The predicted molar refractivity (Wildman–Crippen MR) is 111 cm³/mol. The summed E-state index contributed by atoms with van der Waals surface area (Å²) in [5.74, 6) is -1.15. The highest BCUT2D eigenvalue weighted by molar-refractivity contribution is 7.81. The van der Waals surface area contributed by atoms with Crippen LogP contribution in [0, 0.1) is 24.5 Å². The van der Waals surface area contributed by atoms with Crippen molar-refractivity contribution in [3.05, 3.63) is 65.6 Å². The van der Waals surface area contributed by atoms with Gasteiger partial charge in [0.1, 0.15) is 11.6 Å². The van der Waals surface area contributed by atoms with Crippen LogP contribution >= 0.6 is 0 Å². The van der Waals surface area contributed by atoms with Crippen LogP contribution in [0.2, 0.25) is 0 Å². The summed E-state index contributed by atoms with van der Waals surface area (Å²) in [6.07, 6.45) is 1.55. The smallest absolute Gasteiger partial charge is 0.247 e. The van der Waals surface area contributed by atoms with Crippen LogP contribution < -0.4 is 4.90 Å². The van der Waals surface area contributed by atoms with Crippen LogP contribution in [0.5, 0.6) is 0 Å². The summed E-state index contributed by atoms with van der Waals surface area (Å²) >= 11 is 0. The molecule has 1 unspecified atom stereocenters. The zero-order valence-electron chi connectivity index (χ0n) is 16.9. The molecule has 0 saturated carbocycles. The van der Waals surface area contributed by atoms with Crippen LogP contribution in [-0.2, 0) is 22.3 Å². The number of carbonyl (C=O) groups excluding carboxylic acids is 1. The lowest BCUT2D eigenvalue weighted by Gasteiger charge is -2.38. The van der Waals surface area contributed by atoms with E-state index in [1.165, 1.54) is 35.2 Å². The Morgan fingerprint density at radius 3 is 2.61 bits per heavy atom. The summed E-state index contributed by atoms with van der Waals surface area (Å²) < 4.78 is 47.3. The first-order valence-corrected chi connectivity index (χ1v) is 11.1. The Hall–Kier alpha value is -2.98. The molecule has 162 valence electrons. The van der Waals surface area contributed by atoms with Gasteiger partial charge in [0.05, 0.1) is 23.4 Å². The third kappa shape index (κ3) is 4.54. The van der Waals surface area contributed by atoms with E-state index in [9.17, 15) is 17.8 Å². The van der Waals surface area contributed by atoms with Gasteiger partial charge in [-0.1, -0.05) is 12.1 Å². The first kappa shape index (κ1) is 21.3. The van der Waals surface area contributed by atoms with Crippen LogP contribution in [0.15, 0.2) is 46.9 Å². The quantitative estimate of drug-likeness (QED) is 0.582. The molecule has 2 aromatic carbocycles. The van der Waals surface area contributed by atoms with Gasteiger partial charge in [-0.05, 0) is 30.3 Å². The molecule has 4 rings (SSSR count). The normalized spacial score (nSPS) is 15.5. The largest absolute Gasteiger partial charge is 0.421 e. The summed E-state index contributed by atoms with van der Waals surface area (Å²) in [7, 11) is -1.16. The molecule has 0 spiro atoms. The van der Waals surface area contributed by atoms with Gasteiger partial charge in [0.2, 0.25) is 17.7 Å². The molecule has 1 saturated heterocycles. The van der Waals surface area contributed by atoms with E-state index < -0.39 is 28.5 Å². The van der Waals surface area contributed by atoms with E-state index in [4.69, 9.17) is 4.42 Å². The summed E-state index contributed by atoms with van der Waals surface area (Å²) in [6.45, 7) is 2.24. The fourth-order valence-corrected chi connectivity index (χ4v) is 4.14. The Balaban J connectivity index is 1.60. The van der Waals surface area contributed by atoms with Gasteiger partial charge in [-0.3, -0.25) is 4.79 Å². The van der Waals surface area contributed by atoms with E-state index in [0.717, 1.165) is 0 Å². The third-order valence-corrected chi connectivity index (χ3v) is 6.13. The summed E-state index contributed by atoms with van der Waals surface area (Å²) in [5, 5.41) is 7.61. The fraction of sp³-hybridized carbons (Fsp3) is 0.286. The molecule has 1 aliphatic heterocycles. The second-order valence-electron chi connectivity index (χ2n) is 7.30. The zero-order valence-corrected chi connectivity index (χ0v) is 17.7. The van der Waals surface area contributed by atoms with E-state index >= 15 is 0 Å². The number of halogens is 2. The van der Waals surface area contributed by atoms with Crippen molar-refractivity contribution in [2.45, 2.75) is 13.5 Å². The number of amides is 1. The minimum Gasteiger partial charge on any atom is -0.421 e. The maximum absolute atomic E-state index is 14.9. The summed E-state index contributed by atoms with van der Waals surface area (Å²) in [5.41, 5.74) is 1.01. The number of anilines is 1. The van der Waals surface area contributed by atoms with E-state index in [1.807, 2.05) is 0 Å². The van der Waals surface area contributed by atoms with Crippen LogP contribution in [0.4, 0.5) is 14.5 Å². The number of carbonyl (C=O) groups is 1. The molecule has 31 heavy (non-hydrogen) atoms. The van der Waals surface area contributed by atoms with E-state index in [-0.39, 0.29) is 23.9 Å². The van der Waals surface area contributed by atoms with Gasteiger partial charge in [-0.25, -0.2) is 17.3 Å². The molecule has 3 aromatic rings. The molecule has 1 atom stereocenters. The highest BCUT2D eigenvalue weighted by Gasteiger charge is 2.37. The molecule has 1 aliphatic rings. The fourth-order valence-electron chi connectivity index (χ4n) is 3.36. The molecule has 1 aromatic heterocycles. The standard InChI is InChI=1S/C21H20F2N4O3S/c1-13-24-25-20(30-13)14-6-7-15(19(23)8-14)12-27(18-5-3-4-17(22)9-18)21(28)16-10-26(11-16)31(2)29/h3-9,16H,10-12H2,1-2H3. The van der Waals surface area contributed by atoms with Crippen LogP contribution in [0.3, 0.4) is 0 Å². The number of aryl methyl sites for hydroxylation is 1. The van der Waals surface area contributed by atoms with E-state index in [0.29, 0.717) is 30.2 Å². The third-order valence-electron chi connectivity index (χ3n) is 5.10. The number of nitrogens with zero attached hydrogens (tertiary/aromatic N) is 4. The molecule has 1 amide bonds. The average Bonchev–Trinajstić information content (AvgIpc) is 3.11. The number of hydrogen-bond donors (Lipinski definition) is 0. The van der Waals surface area contributed by atoms with Crippen LogP contribution in [-0.4, -0.2) is 44.0 Å². The zero-order chi connectivity index (χ0) is 22.1. The van der Waals surface area contributed by atoms with Crippen LogP contribution in [0.1, 0.15) is 11.5 Å². The lowest BCUT2D eigenvalue weighted by atomic mass is 10.0. The van der Waals surface area contributed by atoms with Crippen molar-refractivity contribution in [1.29, 1.82) is 0 Å². The van der Waals surface area contributed by atoms with Gasteiger partial charge in [0.15, 0.2) is 0 Å². The van der Waals surface area contributed by atoms with E-state index in [1.54, 1.807) is 29.6 Å². The second-order valence-corrected chi connectivity index (χ2v) is 8.67. The van der Waals surface area contributed by atoms with Gasteiger partial charge < -0.3 is 9.32 Å². The maximum atomic E-state index is 14.9. The average molecular weight is 446 g/mol. The number of rotatable bonds is 6. The minimum atomic E-state index is -1.16. The molecule has 0 N–H and O–H groups in total. The number of aromatic nitrogens is 2. The first-order chi connectivity index (χ1) is 14.8. The molecule has 1 fully saturated rings. The highest BCUT2D eigenvalue weighted by Crippen LogP contribution is 2.27. The van der Waals surface area contributed by atoms with Crippen molar-refractivity contribution in [2.24, 2.45) is 5.92 Å². The Morgan fingerprint density at radius 2 is 2.00 bits per heavy atom. The molecule has 0 radical (unpaired) electrons. The summed E-state index contributed by atoms with van der Waals surface area (Å²) in [6, 6.07) is 10.0. The molecule has 2 heterocycles.